The zero-order valence-corrected chi connectivity index (χ0v) is 23.3. The summed E-state index contributed by atoms with van der Waals surface area (Å²) in [5.74, 6) is -2.51. The summed E-state index contributed by atoms with van der Waals surface area (Å²) in [4.78, 5) is 24.1. The lowest BCUT2D eigenvalue weighted by molar-refractivity contribution is -0.141. The predicted molar refractivity (Wildman–Crippen MR) is 145 cm³/mol. The molecule has 6 rings (SSSR count). The maximum atomic E-state index is 14.4. The first-order valence-corrected chi connectivity index (χ1v) is 14.6. The Morgan fingerprint density at radius 3 is 2.26 bits per heavy atom. The molecule has 0 saturated carbocycles. The van der Waals surface area contributed by atoms with Gasteiger partial charge in [0.25, 0.3) is 10.0 Å². The summed E-state index contributed by atoms with van der Waals surface area (Å²) < 4.78 is 97.3. The number of nitrogens with zero attached hydrogens (tertiary/aromatic N) is 6. The molecule has 17 heteroatoms. The Hall–Kier alpha value is -4.31. The summed E-state index contributed by atoms with van der Waals surface area (Å²) in [5, 5.41) is 3.25. The van der Waals surface area contributed by atoms with Crippen molar-refractivity contribution in [2.24, 2.45) is 0 Å². The molecule has 1 saturated heterocycles. The molecule has 2 aromatic heterocycles. The van der Waals surface area contributed by atoms with Gasteiger partial charge in [-0.2, -0.15) is 18.3 Å². The van der Waals surface area contributed by atoms with E-state index < -0.39 is 39.2 Å². The third kappa shape index (κ3) is 5.35. The van der Waals surface area contributed by atoms with Gasteiger partial charge in [-0.05, 0) is 48.7 Å². The Bertz CT molecular complexity index is 1840. The number of carbonyl (C=O) groups is 1. The quantitative estimate of drug-likeness (QED) is 0.287. The second kappa shape index (κ2) is 10.4. The highest BCUT2D eigenvalue weighted by Gasteiger charge is 2.35. The second-order valence-electron chi connectivity index (χ2n) is 9.74. The van der Waals surface area contributed by atoms with E-state index in [9.17, 15) is 35.2 Å². The van der Waals surface area contributed by atoms with Crippen LogP contribution in [0.3, 0.4) is 0 Å². The van der Waals surface area contributed by atoms with Crippen LogP contribution in [0, 0.1) is 11.6 Å². The number of aromatic nitrogens is 4. The molecule has 43 heavy (non-hydrogen) atoms. The molecule has 0 unspecified atom stereocenters. The highest BCUT2D eigenvalue weighted by Crippen LogP contribution is 2.44. The molecule has 0 bridgehead atoms. The predicted octanol–water partition coefficient (Wildman–Crippen LogP) is 5.23. The Morgan fingerprint density at radius 2 is 1.65 bits per heavy atom. The molecule has 0 spiro atoms. The summed E-state index contributed by atoms with van der Waals surface area (Å²) in [6, 6.07) is 4.93. The van der Waals surface area contributed by atoms with E-state index in [1.807, 2.05) is 4.72 Å². The van der Waals surface area contributed by atoms with E-state index in [2.05, 4.69) is 15.1 Å². The topological polar surface area (TPSA) is 113 Å². The van der Waals surface area contributed by atoms with Gasteiger partial charge in [-0.3, -0.25) is 9.52 Å². The van der Waals surface area contributed by atoms with E-state index in [1.165, 1.54) is 29.4 Å². The first kappa shape index (κ1) is 28.8. The van der Waals surface area contributed by atoms with Gasteiger partial charge in [0.2, 0.25) is 11.9 Å². The first-order valence-electron chi connectivity index (χ1n) is 12.7. The van der Waals surface area contributed by atoms with Gasteiger partial charge < -0.3 is 9.80 Å². The van der Waals surface area contributed by atoms with Gasteiger partial charge in [-0.25, -0.2) is 31.8 Å². The first-order chi connectivity index (χ1) is 20.3. The lowest BCUT2D eigenvalue weighted by Crippen LogP contribution is -2.27. The number of sulfonamides is 1. The molecular weight excluding hydrogens is 621 g/mol. The number of benzene rings is 2. The van der Waals surface area contributed by atoms with Crippen LogP contribution in [0.4, 0.5) is 45.0 Å². The Labute approximate surface area is 245 Å². The van der Waals surface area contributed by atoms with E-state index in [4.69, 9.17) is 11.6 Å². The van der Waals surface area contributed by atoms with Gasteiger partial charge in [-0.1, -0.05) is 11.6 Å². The lowest BCUT2D eigenvalue weighted by Gasteiger charge is -2.26. The average molecular weight is 640 g/mol. The lowest BCUT2D eigenvalue weighted by atomic mass is 10.1. The molecule has 4 aromatic rings. The van der Waals surface area contributed by atoms with Crippen molar-refractivity contribution in [1.29, 1.82) is 0 Å². The van der Waals surface area contributed by atoms with Gasteiger partial charge in [0.1, 0.15) is 11.4 Å². The monoisotopic (exact) mass is 639 g/mol. The highest BCUT2D eigenvalue weighted by atomic mass is 35.5. The van der Waals surface area contributed by atoms with Gasteiger partial charge >= 0.3 is 6.18 Å². The fourth-order valence-electron chi connectivity index (χ4n) is 4.98. The molecule has 0 atom stereocenters. The largest absolute Gasteiger partial charge is 0.435 e. The fourth-order valence-corrected chi connectivity index (χ4v) is 6.32. The maximum absolute atomic E-state index is 14.4. The Kier molecular flexibility index (Phi) is 7.00. The summed E-state index contributed by atoms with van der Waals surface area (Å²) in [7, 11) is -4.54. The number of anilines is 4. The van der Waals surface area contributed by atoms with Gasteiger partial charge in [0.15, 0.2) is 17.3 Å². The van der Waals surface area contributed by atoms with Gasteiger partial charge in [0, 0.05) is 30.7 Å². The van der Waals surface area contributed by atoms with Crippen LogP contribution in [0.5, 0.6) is 0 Å². The van der Waals surface area contributed by atoms with E-state index in [0.717, 1.165) is 29.1 Å². The third-order valence-electron chi connectivity index (χ3n) is 6.94. The number of halogens is 6. The number of alkyl halides is 3. The van der Waals surface area contributed by atoms with E-state index >= 15 is 0 Å². The van der Waals surface area contributed by atoms with E-state index in [1.54, 1.807) is 4.90 Å². The molecule has 0 aliphatic carbocycles. The fraction of sp³-hybridized carbons (Fsp3) is 0.231. The standard InChI is InChI=1S/C26H19ClF5N7O3S/c27-15-9-18(28)23(19(29)10-15)36-43(41,42)17-8-14-3-6-38(24(14)20(11-17)37-5-1-2-22(37)40)25-33-12-16(13-34-25)39-7-4-21(35-39)26(30,31)32/h4,7-13,36H,1-3,5-6H2. The minimum Gasteiger partial charge on any atom is -0.310 e. The number of fused-ring (bicyclic) bond motifs is 1. The van der Waals surface area contributed by atoms with Crippen molar-refractivity contribution in [2.75, 3.05) is 27.6 Å². The molecule has 224 valence electrons. The zero-order chi connectivity index (χ0) is 30.7. The molecule has 4 heterocycles. The van der Waals surface area contributed by atoms with Crippen LogP contribution in [-0.2, 0) is 27.4 Å². The Balaban J connectivity index is 1.37. The molecule has 1 amide bonds. The van der Waals surface area contributed by atoms with Crippen LogP contribution in [0.15, 0.2) is 53.8 Å². The van der Waals surface area contributed by atoms with Gasteiger partial charge in [0.05, 0.1) is 28.7 Å². The summed E-state index contributed by atoms with van der Waals surface area (Å²) >= 11 is 5.65. The van der Waals surface area contributed by atoms with Crippen LogP contribution in [0.25, 0.3) is 5.69 Å². The molecular formula is C26H19ClF5N7O3S. The molecule has 2 aliphatic rings. The number of rotatable bonds is 6. The number of hydrogen-bond donors (Lipinski definition) is 1. The normalized spacial score (nSPS) is 15.3. The van der Waals surface area contributed by atoms with Crippen molar-refractivity contribution in [1.82, 2.24) is 19.7 Å². The molecule has 1 fully saturated rings. The average Bonchev–Trinajstić information content (AvgIpc) is 3.70. The summed E-state index contributed by atoms with van der Waals surface area (Å²) in [6.45, 7) is 0.582. The number of amides is 1. The Morgan fingerprint density at radius 1 is 0.953 bits per heavy atom. The molecule has 0 radical (unpaired) electrons. The third-order valence-corrected chi connectivity index (χ3v) is 8.49. The van der Waals surface area contributed by atoms with Crippen LogP contribution < -0.4 is 14.5 Å². The SMILES string of the molecule is O=C1CCCN1c1cc(S(=O)(=O)Nc2c(F)cc(Cl)cc2F)cc2c1N(c1ncc(-n3ccc(C(F)(F)F)n3)cn1)CC2. The minimum atomic E-state index is -4.62. The van der Waals surface area contributed by atoms with Crippen molar-refractivity contribution in [3.05, 3.63) is 76.8 Å². The van der Waals surface area contributed by atoms with Crippen molar-refractivity contribution < 1.29 is 35.2 Å². The van der Waals surface area contributed by atoms with Crippen molar-refractivity contribution >= 4 is 50.5 Å². The van der Waals surface area contributed by atoms with Gasteiger partial charge in [-0.15, -0.1) is 0 Å². The molecule has 2 aromatic carbocycles. The van der Waals surface area contributed by atoms with Crippen LogP contribution in [0.1, 0.15) is 24.1 Å². The van der Waals surface area contributed by atoms with Crippen LogP contribution in [0.2, 0.25) is 5.02 Å². The molecule has 2 aliphatic heterocycles. The molecule has 10 nitrogen and oxygen atoms in total. The summed E-state index contributed by atoms with van der Waals surface area (Å²) in [6.07, 6.45) is 0.142. The number of carbonyl (C=O) groups excluding carboxylic acids is 1. The highest BCUT2D eigenvalue weighted by molar-refractivity contribution is 7.92. The number of hydrogen-bond acceptors (Lipinski definition) is 7. The molecule has 1 N–H and O–H groups in total. The van der Waals surface area contributed by atoms with Crippen molar-refractivity contribution in [3.8, 4) is 5.69 Å². The number of nitrogens with one attached hydrogen (secondary N) is 1. The van der Waals surface area contributed by atoms with Crippen molar-refractivity contribution in [3.63, 3.8) is 0 Å². The van der Waals surface area contributed by atoms with E-state index in [0.29, 0.717) is 30.6 Å². The zero-order valence-electron chi connectivity index (χ0n) is 21.7. The van der Waals surface area contributed by atoms with Crippen LogP contribution >= 0.6 is 11.6 Å². The smallest absolute Gasteiger partial charge is 0.310 e. The van der Waals surface area contributed by atoms with Crippen molar-refractivity contribution in [2.45, 2.75) is 30.3 Å². The summed E-state index contributed by atoms with van der Waals surface area (Å²) in [5.41, 5.74) is -0.606. The van der Waals surface area contributed by atoms with E-state index in [-0.39, 0.29) is 46.1 Å². The second-order valence-corrected chi connectivity index (χ2v) is 11.9. The minimum absolute atomic E-state index is 0.151. The van der Waals surface area contributed by atoms with Crippen LogP contribution in [-0.4, -0.2) is 47.2 Å². The maximum Gasteiger partial charge on any atom is 0.435 e.